The second-order valence-corrected chi connectivity index (χ2v) is 12.6. The molecular weight excluding hydrogens is 638 g/mol. The van der Waals surface area contributed by atoms with E-state index in [9.17, 15) is 4.79 Å². The molecular formula is C38H49N5O7. The van der Waals surface area contributed by atoms with E-state index in [0.717, 1.165) is 86.2 Å². The third kappa shape index (κ3) is 7.71. The zero-order chi connectivity index (χ0) is 35.0. The van der Waals surface area contributed by atoms with Crippen LogP contribution in [0.2, 0.25) is 0 Å². The number of carbonyl (C=O) groups is 1. The Morgan fingerprint density at radius 1 is 0.920 bits per heavy atom. The Kier molecular flexibility index (Phi) is 11.5. The fourth-order valence-electron chi connectivity index (χ4n) is 6.93. The van der Waals surface area contributed by atoms with Crippen LogP contribution in [-0.4, -0.2) is 113 Å². The molecule has 3 heterocycles. The maximum atomic E-state index is 13.8. The number of fused-ring (bicyclic) bond motifs is 2. The number of hydrogen-bond donors (Lipinski definition) is 0. The summed E-state index contributed by atoms with van der Waals surface area (Å²) in [6.45, 7) is 9.49. The van der Waals surface area contributed by atoms with Crippen molar-refractivity contribution in [3.63, 3.8) is 0 Å². The molecule has 50 heavy (non-hydrogen) atoms. The fourth-order valence-corrected chi connectivity index (χ4v) is 6.93. The highest BCUT2D eigenvalue weighted by atomic mass is 16.7. The lowest BCUT2D eigenvalue weighted by Gasteiger charge is -2.28. The van der Waals surface area contributed by atoms with E-state index in [-0.39, 0.29) is 18.6 Å². The SMILES string of the molecule is CCOCCn1c(N2CCCN(CCC(CN(C)C(=O)c3cc(OC)c(OC)c(OC)c3)c3ccc4c(c3)OCO4)CC2)nc2ccccc21. The Morgan fingerprint density at radius 2 is 1.70 bits per heavy atom. The van der Waals surface area contributed by atoms with Crippen LogP contribution in [0.4, 0.5) is 5.95 Å². The first kappa shape index (κ1) is 35.2. The lowest BCUT2D eigenvalue weighted by molar-refractivity contribution is 0.0782. The predicted molar refractivity (Wildman–Crippen MR) is 192 cm³/mol. The molecule has 1 unspecified atom stereocenters. The number of ether oxygens (including phenoxy) is 6. The predicted octanol–water partition coefficient (Wildman–Crippen LogP) is 5.29. The minimum absolute atomic E-state index is 0.0580. The van der Waals surface area contributed by atoms with Crippen molar-refractivity contribution in [1.29, 1.82) is 0 Å². The first-order valence-electron chi connectivity index (χ1n) is 17.4. The quantitative estimate of drug-likeness (QED) is 0.154. The van der Waals surface area contributed by atoms with Crippen LogP contribution in [0.25, 0.3) is 11.0 Å². The third-order valence-electron chi connectivity index (χ3n) is 9.58. The van der Waals surface area contributed by atoms with Crippen LogP contribution >= 0.6 is 0 Å². The first-order chi connectivity index (χ1) is 24.4. The molecule has 0 aliphatic carbocycles. The first-order valence-corrected chi connectivity index (χ1v) is 17.4. The van der Waals surface area contributed by atoms with Crippen molar-refractivity contribution in [3.05, 3.63) is 65.7 Å². The number of amides is 1. The van der Waals surface area contributed by atoms with E-state index < -0.39 is 0 Å². The van der Waals surface area contributed by atoms with Crippen molar-refractivity contribution in [2.75, 3.05) is 92.6 Å². The average Bonchev–Trinajstić information content (AvgIpc) is 3.69. The van der Waals surface area contributed by atoms with Crippen molar-refractivity contribution < 1.29 is 33.2 Å². The van der Waals surface area contributed by atoms with Gasteiger partial charge in [0, 0.05) is 57.9 Å². The van der Waals surface area contributed by atoms with Crippen LogP contribution < -0.4 is 28.6 Å². The number of aromatic nitrogens is 2. The molecule has 12 nitrogen and oxygen atoms in total. The van der Waals surface area contributed by atoms with Crippen LogP contribution in [-0.2, 0) is 11.3 Å². The summed E-state index contributed by atoms with van der Waals surface area (Å²) in [6, 6.07) is 17.8. The number of imidazole rings is 1. The maximum absolute atomic E-state index is 13.8. The fraction of sp³-hybridized carbons (Fsp3) is 0.474. The molecule has 2 aliphatic rings. The summed E-state index contributed by atoms with van der Waals surface area (Å²) in [5, 5.41) is 0. The van der Waals surface area contributed by atoms with Crippen LogP contribution in [0.3, 0.4) is 0 Å². The number of rotatable bonds is 15. The smallest absolute Gasteiger partial charge is 0.253 e. The molecule has 3 aromatic carbocycles. The van der Waals surface area contributed by atoms with E-state index in [0.29, 0.717) is 42.6 Å². The van der Waals surface area contributed by atoms with Gasteiger partial charge < -0.3 is 47.7 Å². The topological polar surface area (TPSA) is 100.0 Å². The lowest BCUT2D eigenvalue weighted by atomic mass is 9.94. The number of carbonyl (C=O) groups excluding carboxylic acids is 1. The number of para-hydroxylation sites is 2. The van der Waals surface area contributed by atoms with Crippen molar-refractivity contribution in [3.8, 4) is 28.7 Å². The Bertz CT molecular complexity index is 1740. The summed E-state index contributed by atoms with van der Waals surface area (Å²) < 4.78 is 35.9. The van der Waals surface area contributed by atoms with Gasteiger partial charge in [0.05, 0.1) is 39.0 Å². The van der Waals surface area contributed by atoms with Gasteiger partial charge in [-0.1, -0.05) is 18.2 Å². The van der Waals surface area contributed by atoms with Gasteiger partial charge in [-0.15, -0.1) is 0 Å². The number of hydrogen-bond acceptors (Lipinski definition) is 10. The minimum Gasteiger partial charge on any atom is -0.493 e. The van der Waals surface area contributed by atoms with Gasteiger partial charge in [-0.3, -0.25) is 4.79 Å². The Labute approximate surface area is 294 Å². The van der Waals surface area contributed by atoms with Gasteiger partial charge in [0.2, 0.25) is 18.5 Å². The third-order valence-corrected chi connectivity index (χ3v) is 9.58. The Hall–Kier alpha value is -4.68. The van der Waals surface area contributed by atoms with E-state index in [2.05, 4.69) is 44.7 Å². The largest absolute Gasteiger partial charge is 0.493 e. The number of likely N-dealkylation sites (N-methyl/N-ethyl adjacent to an activating group) is 1. The normalized spacial score (nSPS) is 15.2. The van der Waals surface area contributed by atoms with Gasteiger partial charge in [-0.05, 0) is 74.8 Å². The van der Waals surface area contributed by atoms with Crippen molar-refractivity contribution in [2.45, 2.75) is 32.2 Å². The molecule has 0 saturated carbocycles. The Balaban J connectivity index is 1.16. The van der Waals surface area contributed by atoms with Crippen LogP contribution in [0, 0.1) is 0 Å². The summed E-state index contributed by atoms with van der Waals surface area (Å²) in [7, 11) is 6.48. The highest BCUT2D eigenvalue weighted by molar-refractivity contribution is 5.95. The average molecular weight is 688 g/mol. The summed E-state index contributed by atoms with van der Waals surface area (Å²) in [6.07, 6.45) is 1.89. The zero-order valence-corrected chi connectivity index (χ0v) is 29.9. The van der Waals surface area contributed by atoms with Gasteiger partial charge in [0.25, 0.3) is 5.91 Å². The number of methoxy groups -OCH3 is 3. The molecule has 0 N–H and O–H groups in total. The molecule has 2 aliphatic heterocycles. The van der Waals surface area contributed by atoms with Gasteiger partial charge in [0.15, 0.2) is 23.0 Å². The summed E-state index contributed by atoms with van der Waals surface area (Å²) in [5.41, 5.74) is 3.72. The molecule has 0 spiro atoms. The molecule has 4 aromatic rings. The van der Waals surface area contributed by atoms with E-state index in [1.165, 1.54) is 0 Å². The van der Waals surface area contributed by atoms with Gasteiger partial charge in [-0.2, -0.15) is 0 Å². The molecule has 268 valence electrons. The minimum atomic E-state index is -0.132. The summed E-state index contributed by atoms with van der Waals surface area (Å²) in [4.78, 5) is 25.6. The van der Waals surface area contributed by atoms with Gasteiger partial charge in [0.1, 0.15) is 0 Å². The van der Waals surface area contributed by atoms with Crippen molar-refractivity contribution in [1.82, 2.24) is 19.4 Å². The van der Waals surface area contributed by atoms with Gasteiger partial charge in [-0.25, -0.2) is 4.98 Å². The molecule has 0 radical (unpaired) electrons. The lowest BCUT2D eigenvalue weighted by Crippen LogP contribution is -2.35. The number of benzene rings is 3. The monoisotopic (exact) mass is 687 g/mol. The van der Waals surface area contributed by atoms with Gasteiger partial charge >= 0.3 is 0 Å². The molecule has 6 rings (SSSR count). The van der Waals surface area contributed by atoms with Crippen molar-refractivity contribution in [2.24, 2.45) is 0 Å². The molecule has 1 amide bonds. The number of anilines is 1. The Morgan fingerprint density at radius 3 is 2.46 bits per heavy atom. The van der Waals surface area contributed by atoms with E-state index >= 15 is 0 Å². The maximum Gasteiger partial charge on any atom is 0.253 e. The van der Waals surface area contributed by atoms with Crippen molar-refractivity contribution >= 4 is 22.9 Å². The highest BCUT2D eigenvalue weighted by Crippen LogP contribution is 2.39. The molecule has 1 atom stereocenters. The van der Waals surface area contributed by atoms with Crippen LogP contribution in [0.5, 0.6) is 28.7 Å². The van der Waals surface area contributed by atoms with E-state index in [1.54, 1.807) is 38.4 Å². The summed E-state index contributed by atoms with van der Waals surface area (Å²) >= 11 is 0. The van der Waals surface area contributed by atoms with E-state index in [4.69, 9.17) is 33.4 Å². The molecule has 1 fully saturated rings. The van der Waals surface area contributed by atoms with Crippen LogP contribution in [0.15, 0.2) is 54.6 Å². The molecule has 1 saturated heterocycles. The standard InChI is InChI=1S/C38H49N5O7/c1-6-48-21-20-43-31-11-8-7-10-30(31)39-38(43)42-16-9-15-41(18-19-42)17-14-28(27-12-13-32-33(22-27)50-26-49-32)25-40(2)37(44)29-23-34(45-3)36(47-5)35(24-29)46-4/h7-8,10-13,22-24,28H,6,9,14-21,25-26H2,1-5H3. The molecule has 0 bridgehead atoms. The molecule has 12 heteroatoms. The van der Waals surface area contributed by atoms with Crippen LogP contribution in [0.1, 0.15) is 41.6 Å². The molecule has 1 aromatic heterocycles. The second-order valence-electron chi connectivity index (χ2n) is 12.6. The highest BCUT2D eigenvalue weighted by Gasteiger charge is 2.26. The summed E-state index contributed by atoms with van der Waals surface area (Å²) in [5.74, 6) is 3.75. The number of nitrogens with zero attached hydrogens (tertiary/aromatic N) is 5. The van der Waals surface area contributed by atoms with E-state index in [1.807, 2.05) is 26.1 Å². The second kappa shape index (κ2) is 16.4. The zero-order valence-electron chi connectivity index (χ0n) is 29.9.